The molecular weight excluding hydrogens is 394 g/mol. The first kappa shape index (κ1) is 22.5. The molecule has 1 aliphatic heterocycles. The number of likely N-dealkylation sites (N-methyl/N-ethyl adjacent to an activating group) is 2. The summed E-state index contributed by atoms with van der Waals surface area (Å²) in [5.41, 5.74) is 0.722. The summed E-state index contributed by atoms with van der Waals surface area (Å²) in [5.74, 6) is -0.848. The molecule has 29 heavy (non-hydrogen) atoms. The molecule has 1 aromatic carbocycles. The van der Waals surface area contributed by atoms with Crippen LogP contribution in [0.15, 0.2) is 47.6 Å². The van der Waals surface area contributed by atoms with Crippen molar-refractivity contribution in [1.82, 2.24) is 9.80 Å². The van der Waals surface area contributed by atoms with Crippen LogP contribution in [0.1, 0.15) is 0 Å². The molecule has 0 aromatic heterocycles. The van der Waals surface area contributed by atoms with E-state index >= 15 is 0 Å². The van der Waals surface area contributed by atoms with Gasteiger partial charge in [-0.05, 0) is 45.1 Å². The maximum Gasteiger partial charge on any atom is 0.274 e. The Hall–Kier alpha value is -2.81. The van der Waals surface area contributed by atoms with Crippen molar-refractivity contribution in [3.05, 3.63) is 47.6 Å². The van der Waals surface area contributed by atoms with Gasteiger partial charge in [0, 0.05) is 25.3 Å². The van der Waals surface area contributed by atoms with Gasteiger partial charge in [0.25, 0.3) is 11.8 Å². The molecule has 1 N–H and O–H groups in total. The van der Waals surface area contributed by atoms with E-state index < -0.39 is 11.9 Å². The molecule has 1 heterocycles. The Kier molecular flexibility index (Phi) is 7.83. The van der Waals surface area contributed by atoms with E-state index in [9.17, 15) is 14.4 Å². The van der Waals surface area contributed by atoms with E-state index in [0.29, 0.717) is 18.6 Å². The molecule has 9 heteroatoms. The Labute approximate surface area is 175 Å². The number of hydrogen-bond donors (Lipinski definition) is 1. The lowest BCUT2D eigenvalue weighted by Gasteiger charge is -2.38. The third-order valence-electron chi connectivity index (χ3n) is 4.62. The highest BCUT2D eigenvalue weighted by molar-refractivity contribution is 6.35. The molecule has 0 radical (unpaired) electrons. The smallest absolute Gasteiger partial charge is 0.274 e. The molecule has 8 nitrogen and oxygen atoms in total. The van der Waals surface area contributed by atoms with Crippen molar-refractivity contribution < 1.29 is 14.4 Å². The van der Waals surface area contributed by atoms with Gasteiger partial charge < -0.3 is 10.2 Å². The third kappa shape index (κ3) is 5.38. The average molecular weight is 418 g/mol. The predicted molar refractivity (Wildman–Crippen MR) is 115 cm³/mol. The van der Waals surface area contributed by atoms with Gasteiger partial charge in [0.1, 0.15) is 11.7 Å². The van der Waals surface area contributed by atoms with Crippen molar-refractivity contribution in [1.29, 1.82) is 0 Å². The van der Waals surface area contributed by atoms with Crippen LogP contribution in [-0.2, 0) is 14.4 Å². The number of carbonyl (C=O) groups is 3. The number of imide groups is 1. The second-order valence-electron chi connectivity index (χ2n) is 6.64. The molecule has 1 aliphatic rings. The van der Waals surface area contributed by atoms with Crippen LogP contribution in [0.2, 0.25) is 5.02 Å². The van der Waals surface area contributed by atoms with Gasteiger partial charge >= 0.3 is 0 Å². The molecule has 0 spiro atoms. The van der Waals surface area contributed by atoms with E-state index in [4.69, 9.17) is 11.6 Å². The zero-order chi connectivity index (χ0) is 21.6. The van der Waals surface area contributed by atoms with E-state index in [1.54, 1.807) is 6.07 Å². The molecule has 0 bridgehead atoms. The fourth-order valence-corrected chi connectivity index (χ4v) is 3.22. The van der Waals surface area contributed by atoms with E-state index in [1.807, 2.05) is 23.9 Å². The number of rotatable bonds is 7. The topological polar surface area (TPSA) is 85.3 Å². The van der Waals surface area contributed by atoms with Gasteiger partial charge in [0.05, 0.1) is 10.7 Å². The number of nitrogens with zero attached hydrogens (tertiary/aromatic N) is 4. The van der Waals surface area contributed by atoms with Crippen molar-refractivity contribution in [3.8, 4) is 0 Å². The van der Waals surface area contributed by atoms with Gasteiger partial charge in [0.2, 0.25) is 6.41 Å². The number of halogens is 1. The van der Waals surface area contributed by atoms with Gasteiger partial charge in [-0.15, -0.1) is 0 Å². The first-order valence-electron chi connectivity index (χ1n) is 8.89. The highest BCUT2D eigenvalue weighted by atomic mass is 35.5. The van der Waals surface area contributed by atoms with Crippen LogP contribution in [0.25, 0.3) is 0 Å². The first-order chi connectivity index (χ1) is 13.8. The monoisotopic (exact) mass is 417 g/mol. The van der Waals surface area contributed by atoms with Crippen LogP contribution in [0.5, 0.6) is 0 Å². The summed E-state index contributed by atoms with van der Waals surface area (Å²) in [6, 6.07) is 4.06. The van der Waals surface area contributed by atoms with Gasteiger partial charge in [-0.1, -0.05) is 24.3 Å². The van der Waals surface area contributed by atoms with Crippen molar-refractivity contribution in [2.45, 2.75) is 6.04 Å². The van der Waals surface area contributed by atoms with Crippen LogP contribution >= 0.6 is 11.6 Å². The number of amides is 3. The summed E-state index contributed by atoms with van der Waals surface area (Å²) >= 11 is 6.31. The normalized spacial score (nSPS) is 18.0. The second-order valence-corrected chi connectivity index (χ2v) is 7.05. The number of allylic oxidation sites excluding steroid dienone is 2. The summed E-state index contributed by atoms with van der Waals surface area (Å²) in [7, 11) is 3.77. The van der Waals surface area contributed by atoms with Crippen molar-refractivity contribution in [2.75, 3.05) is 43.9 Å². The summed E-state index contributed by atoms with van der Waals surface area (Å²) in [4.78, 5) is 45.4. The highest BCUT2D eigenvalue weighted by Crippen LogP contribution is 2.29. The van der Waals surface area contributed by atoms with Crippen LogP contribution in [-0.4, -0.2) is 74.5 Å². The van der Waals surface area contributed by atoms with E-state index in [0.717, 1.165) is 18.0 Å². The Bertz CT molecular complexity index is 855. The van der Waals surface area contributed by atoms with Crippen molar-refractivity contribution >= 4 is 47.9 Å². The maximum absolute atomic E-state index is 13.0. The number of hydrogen-bond acceptors (Lipinski definition) is 6. The third-order valence-corrected chi connectivity index (χ3v) is 4.93. The fourth-order valence-electron chi connectivity index (χ4n) is 2.95. The Morgan fingerprint density at radius 1 is 1.34 bits per heavy atom. The molecule has 3 amide bonds. The largest absolute Gasteiger partial charge is 0.321 e. The quantitative estimate of drug-likeness (QED) is 0.316. The highest BCUT2D eigenvalue weighted by Gasteiger charge is 2.33. The molecular formula is C20H24ClN5O3. The number of nitrogens with one attached hydrogen (secondary N) is 1. The minimum Gasteiger partial charge on any atom is -0.321 e. The van der Waals surface area contributed by atoms with Crippen LogP contribution in [0, 0.1) is 0 Å². The Morgan fingerprint density at radius 2 is 2.07 bits per heavy atom. The van der Waals surface area contributed by atoms with E-state index in [2.05, 4.69) is 23.6 Å². The number of benzene rings is 1. The lowest BCUT2D eigenvalue weighted by Crippen LogP contribution is -2.57. The molecule has 1 fully saturated rings. The SMILES string of the molecule is C=C/C=C(\N=C)C(=O)Nc1ccc(N(C=O)C(=O)C2CN(C)CCN2C)c(Cl)c1. The predicted octanol–water partition coefficient (Wildman–Crippen LogP) is 1.78. The minimum atomic E-state index is -0.487. The summed E-state index contributed by atoms with van der Waals surface area (Å²) in [5, 5.41) is 2.78. The zero-order valence-electron chi connectivity index (χ0n) is 16.5. The van der Waals surface area contributed by atoms with Crippen LogP contribution in [0.4, 0.5) is 11.4 Å². The lowest BCUT2D eigenvalue weighted by atomic mass is 10.1. The van der Waals surface area contributed by atoms with Gasteiger partial charge in [-0.25, -0.2) is 0 Å². The molecule has 154 valence electrons. The molecule has 1 aromatic rings. The molecule has 1 saturated heterocycles. The fraction of sp³-hybridized carbons (Fsp3) is 0.300. The van der Waals surface area contributed by atoms with Gasteiger partial charge in [-0.2, -0.15) is 0 Å². The summed E-state index contributed by atoms with van der Waals surface area (Å²) in [6.45, 7) is 8.93. The molecule has 1 unspecified atom stereocenters. The number of aliphatic imine (C=N–C) groups is 1. The first-order valence-corrected chi connectivity index (χ1v) is 9.27. The Morgan fingerprint density at radius 3 is 2.66 bits per heavy atom. The number of carbonyl (C=O) groups excluding carboxylic acids is 3. The molecule has 0 saturated carbocycles. The summed E-state index contributed by atoms with van der Waals surface area (Å²) < 4.78 is 0. The molecule has 2 rings (SSSR count). The van der Waals surface area contributed by atoms with Gasteiger partial charge in [-0.3, -0.25) is 29.2 Å². The van der Waals surface area contributed by atoms with E-state index in [1.165, 1.54) is 24.3 Å². The van der Waals surface area contributed by atoms with E-state index in [-0.39, 0.29) is 22.3 Å². The van der Waals surface area contributed by atoms with Crippen molar-refractivity contribution in [3.63, 3.8) is 0 Å². The Balaban J connectivity index is 2.23. The molecule has 1 atom stereocenters. The minimum absolute atomic E-state index is 0.0920. The zero-order valence-corrected chi connectivity index (χ0v) is 17.2. The number of anilines is 2. The number of piperazine rings is 1. The van der Waals surface area contributed by atoms with Crippen LogP contribution < -0.4 is 10.2 Å². The summed E-state index contributed by atoms with van der Waals surface area (Å²) in [6.07, 6.45) is 3.30. The standard InChI is InChI=1S/C20H24ClN5O3/c1-5-6-16(22-2)19(28)23-14-7-8-17(15(21)11-14)26(13-27)20(29)18-12-24(3)9-10-25(18)4/h5-8,11,13,18H,1-2,9-10,12H2,3-4H3,(H,23,28)/b16-6-. The average Bonchev–Trinajstić information content (AvgIpc) is 2.69. The molecule has 0 aliphatic carbocycles. The maximum atomic E-state index is 13.0. The second kappa shape index (κ2) is 10.1. The lowest BCUT2D eigenvalue weighted by molar-refractivity contribution is -0.127. The van der Waals surface area contributed by atoms with Crippen LogP contribution in [0.3, 0.4) is 0 Å². The van der Waals surface area contributed by atoms with Gasteiger partial charge in [0.15, 0.2) is 0 Å². The van der Waals surface area contributed by atoms with Crippen molar-refractivity contribution in [2.24, 2.45) is 4.99 Å².